The van der Waals surface area contributed by atoms with Gasteiger partial charge in [-0.15, -0.1) is 23.5 Å². The zero-order chi connectivity index (χ0) is 22.2. The Balaban J connectivity index is 3.45. The molecule has 0 aliphatic rings. The van der Waals surface area contributed by atoms with Crippen molar-refractivity contribution in [3.63, 3.8) is 0 Å². The van der Waals surface area contributed by atoms with E-state index in [1.165, 1.54) is 146 Å². The summed E-state index contributed by atoms with van der Waals surface area (Å²) in [6.45, 7) is 9.49. The van der Waals surface area contributed by atoms with Crippen molar-refractivity contribution in [1.82, 2.24) is 0 Å². The van der Waals surface area contributed by atoms with Crippen molar-refractivity contribution in [3.8, 4) is 0 Å². The lowest BCUT2D eigenvalue weighted by atomic mass is 10.1. The summed E-state index contributed by atoms with van der Waals surface area (Å²) >= 11 is 4.49. The molecule has 0 aliphatic carbocycles. The molecule has 0 rings (SSSR count). The average Bonchev–Trinajstić information content (AvgIpc) is 2.76. The maximum absolute atomic E-state index is 2.49. The van der Waals surface area contributed by atoms with Crippen LogP contribution in [0, 0.1) is 0 Å². The van der Waals surface area contributed by atoms with Crippen LogP contribution < -0.4 is 0 Å². The van der Waals surface area contributed by atoms with E-state index in [4.69, 9.17) is 0 Å². The fourth-order valence-electron chi connectivity index (χ4n) is 4.00. The Morgan fingerprint density at radius 2 is 0.667 bits per heavy atom. The summed E-state index contributed by atoms with van der Waals surface area (Å²) in [5.41, 5.74) is 0. The molecule has 0 unspecified atom stereocenters. The summed E-state index contributed by atoms with van der Waals surface area (Å²) in [6.07, 6.45) is 30.2. The van der Waals surface area contributed by atoms with Gasteiger partial charge in [0, 0.05) is 0 Å². The van der Waals surface area contributed by atoms with Gasteiger partial charge in [0.05, 0.1) is 4.08 Å². The zero-order valence-electron chi connectivity index (χ0n) is 21.6. The lowest BCUT2D eigenvalue weighted by Gasteiger charge is -2.27. The van der Waals surface area contributed by atoms with E-state index >= 15 is 0 Å². The van der Waals surface area contributed by atoms with Crippen LogP contribution in [0.4, 0.5) is 0 Å². The van der Waals surface area contributed by atoms with Crippen LogP contribution in [-0.2, 0) is 0 Å². The molecule has 182 valence electrons. The van der Waals surface area contributed by atoms with Gasteiger partial charge < -0.3 is 0 Å². The molecule has 0 saturated carbocycles. The first-order valence-corrected chi connectivity index (χ1v) is 15.9. The molecule has 0 amide bonds. The van der Waals surface area contributed by atoms with Gasteiger partial charge in [-0.1, -0.05) is 136 Å². The Kier molecular flexibility index (Phi) is 24.9. The molecule has 0 aromatic rings. The minimum atomic E-state index is 0.457. The molecule has 0 heterocycles. The molecule has 0 radical (unpaired) electrons. The fraction of sp³-hybridized carbons (Fsp3) is 1.00. The molecule has 0 aromatic heterocycles. The highest BCUT2D eigenvalue weighted by atomic mass is 32.2. The van der Waals surface area contributed by atoms with Gasteiger partial charge in [0.1, 0.15) is 0 Å². The van der Waals surface area contributed by atoms with E-state index in [-0.39, 0.29) is 0 Å². The van der Waals surface area contributed by atoms with Crippen LogP contribution in [0.25, 0.3) is 0 Å². The van der Waals surface area contributed by atoms with Gasteiger partial charge in [-0.3, -0.25) is 0 Å². The number of hydrogen-bond donors (Lipinski definition) is 0. The highest BCUT2D eigenvalue weighted by Crippen LogP contribution is 2.40. The summed E-state index contributed by atoms with van der Waals surface area (Å²) in [5, 5.41) is 0. The zero-order valence-corrected chi connectivity index (χ0v) is 23.2. The maximum atomic E-state index is 2.49. The lowest BCUT2D eigenvalue weighted by molar-refractivity contribution is 0.562. The molecule has 2 heteroatoms. The summed E-state index contributed by atoms with van der Waals surface area (Å²) < 4.78 is 0.457. The quantitative estimate of drug-likeness (QED) is 0.0984. The summed E-state index contributed by atoms with van der Waals surface area (Å²) in [4.78, 5) is 0. The molecule has 0 nitrogen and oxygen atoms in total. The number of rotatable bonds is 25. The van der Waals surface area contributed by atoms with Gasteiger partial charge >= 0.3 is 0 Å². The van der Waals surface area contributed by atoms with Gasteiger partial charge in [-0.05, 0) is 37.7 Å². The average molecular weight is 459 g/mol. The van der Waals surface area contributed by atoms with Gasteiger partial charge in [0.15, 0.2) is 0 Å². The maximum Gasteiger partial charge on any atom is 0.0580 e. The third kappa shape index (κ3) is 21.9. The second kappa shape index (κ2) is 24.3. The molecule has 0 fully saturated rings. The minimum Gasteiger partial charge on any atom is -0.145 e. The topological polar surface area (TPSA) is 0 Å². The van der Waals surface area contributed by atoms with Crippen LogP contribution in [0.5, 0.6) is 0 Å². The van der Waals surface area contributed by atoms with Crippen LogP contribution in [0.2, 0.25) is 0 Å². The van der Waals surface area contributed by atoms with Crippen molar-refractivity contribution in [3.05, 3.63) is 0 Å². The minimum absolute atomic E-state index is 0.457. The molecule has 0 N–H and O–H groups in total. The van der Waals surface area contributed by atoms with Crippen LogP contribution in [0.3, 0.4) is 0 Å². The smallest absolute Gasteiger partial charge is 0.0580 e. The Morgan fingerprint density at radius 1 is 0.400 bits per heavy atom. The largest absolute Gasteiger partial charge is 0.145 e. The van der Waals surface area contributed by atoms with E-state index in [0.717, 1.165) is 0 Å². The van der Waals surface area contributed by atoms with Gasteiger partial charge in [0.25, 0.3) is 0 Å². The van der Waals surface area contributed by atoms with Crippen LogP contribution in [0.15, 0.2) is 0 Å². The first-order valence-electron chi connectivity index (χ1n) is 14.0. The van der Waals surface area contributed by atoms with Crippen molar-refractivity contribution in [2.75, 3.05) is 11.5 Å². The third-order valence-corrected chi connectivity index (χ3v) is 9.94. The van der Waals surface area contributed by atoms with Crippen LogP contribution in [-0.4, -0.2) is 15.6 Å². The third-order valence-electron chi connectivity index (χ3n) is 6.45. The molecule has 0 bridgehead atoms. The van der Waals surface area contributed by atoms with E-state index in [1.54, 1.807) is 0 Å². The number of hydrogen-bond acceptors (Lipinski definition) is 2. The molecular formula is C28H58S2. The Bertz CT molecular complexity index is 290. The first-order chi connectivity index (χ1) is 14.7. The van der Waals surface area contributed by atoms with E-state index in [0.29, 0.717) is 4.08 Å². The van der Waals surface area contributed by atoms with Gasteiger partial charge in [-0.25, -0.2) is 0 Å². The molecule has 30 heavy (non-hydrogen) atoms. The highest BCUT2D eigenvalue weighted by molar-refractivity contribution is 8.18. The predicted molar refractivity (Wildman–Crippen MR) is 147 cm³/mol. The Labute approximate surface area is 201 Å². The normalized spacial score (nSPS) is 12.0. The summed E-state index contributed by atoms with van der Waals surface area (Å²) in [6, 6.07) is 0. The van der Waals surface area contributed by atoms with Gasteiger partial charge in [-0.2, -0.15) is 0 Å². The van der Waals surface area contributed by atoms with Crippen molar-refractivity contribution < 1.29 is 0 Å². The van der Waals surface area contributed by atoms with E-state index in [1.807, 2.05) is 0 Å². The van der Waals surface area contributed by atoms with Crippen LogP contribution in [0.1, 0.15) is 163 Å². The molecule has 0 saturated heterocycles. The van der Waals surface area contributed by atoms with Crippen molar-refractivity contribution in [2.45, 2.75) is 167 Å². The molecule has 0 atom stereocenters. The SMILES string of the molecule is CCCCCCCCCCCCSC(C)(CC)SCCCCCCCCCCCC. The highest BCUT2D eigenvalue weighted by Gasteiger charge is 2.22. The first kappa shape index (κ1) is 30.7. The lowest BCUT2D eigenvalue weighted by Crippen LogP contribution is -2.15. The van der Waals surface area contributed by atoms with Gasteiger partial charge in [0.2, 0.25) is 0 Å². The standard InChI is InChI=1S/C28H58S2/c1-5-8-10-12-14-16-18-20-22-24-26-29-28(4,7-3)30-27-25-23-21-19-17-15-13-11-9-6-2/h5-27H2,1-4H3. The summed E-state index contributed by atoms with van der Waals surface area (Å²) in [7, 11) is 0. The molecule has 0 aromatic carbocycles. The summed E-state index contributed by atoms with van der Waals surface area (Å²) in [5.74, 6) is 2.73. The monoisotopic (exact) mass is 458 g/mol. The second-order valence-corrected chi connectivity index (χ2v) is 13.0. The van der Waals surface area contributed by atoms with Crippen LogP contribution >= 0.6 is 23.5 Å². The van der Waals surface area contributed by atoms with E-state index < -0.39 is 0 Å². The fourth-order valence-corrected chi connectivity index (χ4v) is 6.80. The molecular weight excluding hydrogens is 400 g/mol. The van der Waals surface area contributed by atoms with E-state index in [9.17, 15) is 0 Å². The number of thioether (sulfide) groups is 2. The second-order valence-electron chi connectivity index (χ2n) is 9.55. The molecule has 0 aliphatic heterocycles. The van der Waals surface area contributed by atoms with Crippen molar-refractivity contribution in [1.29, 1.82) is 0 Å². The van der Waals surface area contributed by atoms with Crippen molar-refractivity contribution >= 4 is 23.5 Å². The number of unbranched alkanes of at least 4 members (excludes halogenated alkanes) is 18. The Hall–Kier alpha value is 0.700. The molecule has 0 spiro atoms. The van der Waals surface area contributed by atoms with E-state index in [2.05, 4.69) is 51.2 Å². The van der Waals surface area contributed by atoms with Crippen molar-refractivity contribution in [2.24, 2.45) is 0 Å². The predicted octanol–water partition coefficient (Wildman–Crippen LogP) is 11.4. The Morgan fingerprint density at radius 3 is 0.933 bits per heavy atom.